The molecule has 20 heavy (non-hydrogen) atoms. The van der Waals surface area contributed by atoms with E-state index in [2.05, 4.69) is 0 Å². The molecule has 0 bridgehead atoms. The smallest absolute Gasteiger partial charge is 0.289 e. The molecule has 7 heteroatoms. The topological polar surface area (TPSA) is 103 Å². The molecule has 108 valence electrons. The molecular weight excluding hydrogens is 264 g/mol. The monoisotopic (exact) mass is 280 g/mol. The molecule has 2 N–H and O–H groups in total. The summed E-state index contributed by atoms with van der Waals surface area (Å²) in [7, 11) is 1.35. The second-order valence-electron chi connectivity index (χ2n) is 4.65. The van der Waals surface area contributed by atoms with Crippen molar-refractivity contribution in [3.05, 3.63) is 28.3 Å². The van der Waals surface area contributed by atoms with E-state index in [1.54, 1.807) is 4.90 Å². The molecule has 2 rings (SSSR count). The fourth-order valence-electron chi connectivity index (χ4n) is 2.18. The van der Waals surface area contributed by atoms with Crippen molar-refractivity contribution in [1.29, 1.82) is 0 Å². The Kier molecular flexibility index (Phi) is 4.07. The Morgan fingerprint density at radius 2 is 2.05 bits per heavy atom. The van der Waals surface area contributed by atoms with E-state index in [1.165, 1.54) is 7.11 Å². The highest BCUT2D eigenvalue weighted by Crippen LogP contribution is 2.18. The molecule has 7 nitrogen and oxygen atoms in total. The normalized spacial score (nSPS) is 15.9. The zero-order valence-corrected chi connectivity index (χ0v) is 11.1. The second-order valence-corrected chi connectivity index (χ2v) is 4.65. The summed E-state index contributed by atoms with van der Waals surface area (Å²) >= 11 is 0. The number of piperidine rings is 1. The third kappa shape index (κ3) is 2.81. The first kappa shape index (κ1) is 14.1. The molecule has 0 unspecified atom stereocenters. The van der Waals surface area contributed by atoms with E-state index in [0.29, 0.717) is 25.9 Å². The van der Waals surface area contributed by atoms with Gasteiger partial charge in [0.25, 0.3) is 5.91 Å². The van der Waals surface area contributed by atoms with Gasteiger partial charge in [-0.3, -0.25) is 14.4 Å². The van der Waals surface area contributed by atoms with Gasteiger partial charge in [0.1, 0.15) is 6.26 Å². The number of hydrogen-bond donors (Lipinski definition) is 1. The summed E-state index contributed by atoms with van der Waals surface area (Å²) in [5, 5.41) is 0. The summed E-state index contributed by atoms with van der Waals surface area (Å²) in [4.78, 5) is 36.4. The van der Waals surface area contributed by atoms with Crippen LogP contribution in [0.4, 0.5) is 0 Å². The van der Waals surface area contributed by atoms with Crippen molar-refractivity contribution in [3.63, 3.8) is 0 Å². The number of likely N-dealkylation sites (tertiary alicyclic amines) is 1. The number of hydrogen-bond acceptors (Lipinski definition) is 5. The number of nitrogens with zero attached hydrogens (tertiary/aromatic N) is 1. The van der Waals surface area contributed by atoms with Crippen molar-refractivity contribution in [3.8, 4) is 5.75 Å². The number of amides is 2. The molecule has 2 heterocycles. The highest BCUT2D eigenvalue weighted by atomic mass is 16.5. The highest BCUT2D eigenvalue weighted by molar-refractivity contribution is 5.91. The number of nitrogens with two attached hydrogens (primary N) is 1. The van der Waals surface area contributed by atoms with Gasteiger partial charge in [0, 0.05) is 25.1 Å². The van der Waals surface area contributed by atoms with Gasteiger partial charge in [-0.25, -0.2) is 0 Å². The second kappa shape index (κ2) is 5.77. The summed E-state index contributed by atoms with van der Waals surface area (Å²) in [5.41, 5.74) is 4.83. The molecule has 0 spiro atoms. The Morgan fingerprint density at radius 1 is 1.40 bits per heavy atom. The molecule has 1 aromatic heterocycles. The van der Waals surface area contributed by atoms with Gasteiger partial charge in [-0.15, -0.1) is 0 Å². The van der Waals surface area contributed by atoms with Crippen molar-refractivity contribution in [2.24, 2.45) is 11.7 Å². The Hall–Kier alpha value is -2.31. The predicted molar refractivity (Wildman–Crippen MR) is 69.4 cm³/mol. The minimum atomic E-state index is -0.408. The maximum atomic E-state index is 12.2. The molecule has 1 aliphatic rings. The lowest BCUT2D eigenvalue weighted by Gasteiger charge is -2.30. The number of methoxy groups -OCH3 is 1. The fourth-order valence-corrected chi connectivity index (χ4v) is 2.18. The van der Waals surface area contributed by atoms with Gasteiger partial charge in [0.05, 0.1) is 7.11 Å². The average Bonchev–Trinajstić information content (AvgIpc) is 2.46. The molecule has 1 saturated heterocycles. The van der Waals surface area contributed by atoms with Crippen LogP contribution in [-0.4, -0.2) is 36.9 Å². The van der Waals surface area contributed by atoms with Gasteiger partial charge < -0.3 is 19.8 Å². The maximum absolute atomic E-state index is 12.2. The third-order valence-corrected chi connectivity index (χ3v) is 3.41. The van der Waals surface area contributed by atoms with Crippen molar-refractivity contribution < 1.29 is 18.7 Å². The predicted octanol–water partition coefficient (Wildman–Crippen LogP) is -0.0141. The molecule has 2 amide bonds. The summed E-state index contributed by atoms with van der Waals surface area (Å²) < 4.78 is 9.89. The highest BCUT2D eigenvalue weighted by Gasteiger charge is 2.27. The first-order valence-electron chi connectivity index (χ1n) is 6.28. The average molecular weight is 280 g/mol. The van der Waals surface area contributed by atoms with Crippen LogP contribution in [0.25, 0.3) is 0 Å². The molecule has 0 aliphatic carbocycles. The fraction of sp³-hybridized carbons (Fsp3) is 0.462. The van der Waals surface area contributed by atoms with Crippen LogP contribution in [0.1, 0.15) is 23.4 Å². The lowest BCUT2D eigenvalue weighted by atomic mass is 9.96. The van der Waals surface area contributed by atoms with Crippen molar-refractivity contribution in [2.75, 3.05) is 20.2 Å². The minimum absolute atomic E-state index is 0.0340. The van der Waals surface area contributed by atoms with Gasteiger partial charge in [-0.1, -0.05) is 0 Å². The Balaban J connectivity index is 2.07. The number of primary amides is 1. The van der Waals surface area contributed by atoms with Crippen LogP contribution in [0.15, 0.2) is 21.5 Å². The molecule has 0 radical (unpaired) electrons. The molecule has 1 aromatic rings. The van der Waals surface area contributed by atoms with E-state index in [-0.39, 0.29) is 29.2 Å². The number of carbonyl (C=O) groups is 2. The lowest BCUT2D eigenvalue weighted by molar-refractivity contribution is -0.123. The summed E-state index contributed by atoms with van der Waals surface area (Å²) in [6, 6.07) is 1.11. The maximum Gasteiger partial charge on any atom is 0.289 e. The Bertz CT molecular complexity index is 572. The molecular formula is C13H16N2O5. The van der Waals surface area contributed by atoms with Crippen LogP contribution in [0.2, 0.25) is 0 Å². The van der Waals surface area contributed by atoms with Crippen LogP contribution in [0.5, 0.6) is 5.75 Å². The van der Waals surface area contributed by atoms with Crippen LogP contribution in [-0.2, 0) is 4.79 Å². The van der Waals surface area contributed by atoms with Crippen LogP contribution in [0, 0.1) is 5.92 Å². The molecule has 0 saturated carbocycles. The van der Waals surface area contributed by atoms with Gasteiger partial charge in [-0.05, 0) is 12.8 Å². The molecule has 1 fully saturated rings. The molecule has 1 aliphatic heterocycles. The van der Waals surface area contributed by atoms with Crippen molar-refractivity contribution >= 4 is 11.8 Å². The Morgan fingerprint density at radius 3 is 2.55 bits per heavy atom. The van der Waals surface area contributed by atoms with Crippen molar-refractivity contribution in [2.45, 2.75) is 12.8 Å². The lowest BCUT2D eigenvalue weighted by Crippen LogP contribution is -2.41. The van der Waals surface area contributed by atoms with E-state index in [4.69, 9.17) is 14.9 Å². The van der Waals surface area contributed by atoms with Gasteiger partial charge in [0.2, 0.25) is 17.1 Å². The zero-order chi connectivity index (χ0) is 14.7. The third-order valence-electron chi connectivity index (χ3n) is 3.41. The summed E-state index contributed by atoms with van der Waals surface area (Å²) in [6.45, 7) is 0.838. The van der Waals surface area contributed by atoms with Gasteiger partial charge >= 0.3 is 0 Å². The SMILES string of the molecule is COc1coc(C(=O)N2CCC(C(N)=O)CC2)cc1=O. The standard InChI is InChI=1S/C13H16N2O5/c1-19-11-7-20-10(6-9(11)16)13(18)15-4-2-8(3-5-15)12(14)17/h6-8H,2-5H2,1H3,(H2,14,17). The van der Waals surface area contributed by atoms with Crippen LogP contribution < -0.4 is 15.9 Å². The Labute approximate surface area is 115 Å². The first-order chi connectivity index (χ1) is 9.52. The number of rotatable bonds is 3. The van der Waals surface area contributed by atoms with Crippen molar-refractivity contribution in [1.82, 2.24) is 4.90 Å². The van der Waals surface area contributed by atoms with E-state index >= 15 is 0 Å². The quantitative estimate of drug-likeness (QED) is 0.838. The van der Waals surface area contributed by atoms with E-state index in [0.717, 1.165) is 12.3 Å². The summed E-state index contributed by atoms with van der Waals surface area (Å²) in [5.74, 6) is -0.884. The molecule has 0 atom stereocenters. The van der Waals surface area contributed by atoms with E-state index < -0.39 is 5.43 Å². The van der Waals surface area contributed by atoms with Crippen LogP contribution in [0.3, 0.4) is 0 Å². The zero-order valence-electron chi connectivity index (χ0n) is 11.1. The van der Waals surface area contributed by atoms with Crippen LogP contribution >= 0.6 is 0 Å². The van der Waals surface area contributed by atoms with Gasteiger partial charge in [0.15, 0.2) is 5.76 Å². The van der Waals surface area contributed by atoms with E-state index in [9.17, 15) is 14.4 Å². The van der Waals surface area contributed by atoms with E-state index in [1.807, 2.05) is 0 Å². The first-order valence-corrected chi connectivity index (χ1v) is 6.28. The summed E-state index contributed by atoms with van der Waals surface area (Å²) in [6.07, 6.45) is 2.18. The number of ether oxygens (including phenoxy) is 1. The molecule has 0 aromatic carbocycles. The number of carbonyl (C=O) groups excluding carboxylic acids is 2. The minimum Gasteiger partial charge on any atom is -0.490 e. The van der Waals surface area contributed by atoms with Gasteiger partial charge in [-0.2, -0.15) is 0 Å². The largest absolute Gasteiger partial charge is 0.490 e.